The first-order chi connectivity index (χ1) is 11.4. The van der Waals surface area contributed by atoms with Crippen molar-refractivity contribution in [2.45, 2.75) is 18.2 Å². The molecule has 0 saturated heterocycles. The lowest BCUT2D eigenvalue weighted by Crippen LogP contribution is -2.25. The van der Waals surface area contributed by atoms with Gasteiger partial charge in [-0.15, -0.1) is 0 Å². The normalized spacial score (nSPS) is 11.2. The fraction of sp³-hybridized carbons (Fsp3) is 0.333. The maximum Gasteiger partial charge on any atom is 0.263 e. The quantitative estimate of drug-likeness (QED) is 0.697. The zero-order valence-corrected chi connectivity index (χ0v) is 14.2. The second-order valence-electron chi connectivity index (χ2n) is 5.06. The van der Waals surface area contributed by atoms with Gasteiger partial charge in [0.1, 0.15) is 5.76 Å². The minimum absolute atomic E-state index is 0.0345. The summed E-state index contributed by atoms with van der Waals surface area (Å²) in [6, 6.07) is 7.22. The molecule has 9 heteroatoms. The molecule has 0 saturated carbocycles. The van der Waals surface area contributed by atoms with Crippen LogP contribution < -0.4 is 10.0 Å². The number of rotatable bonds is 8. The molecule has 0 aliphatic heterocycles. The third-order valence-electron chi connectivity index (χ3n) is 3.08. The molecule has 1 aromatic carbocycles. The van der Waals surface area contributed by atoms with Crippen LogP contribution in [0.25, 0.3) is 0 Å². The standard InChI is InChI=1S/C15H19N3O5S/c1-11-9-14(17-23-11)18-24(20,21)13-6-3-5-12(10-13)15(19)16-7-4-8-22-2/h3,5-6,9-10H,4,7-8H2,1-2H3,(H,16,19)(H,17,18). The highest BCUT2D eigenvalue weighted by Crippen LogP contribution is 2.17. The number of nitrogens with zero attached hydrogens (tertiary/aromatic N) is 1. The van der Waals surface area contributed by atoms with E-state index in [-0.39, 0.29) is 22.2 Å². The SMILES string of the molecule is COCCCNC(=O)c1cccc(S(=O)(=O)Nc2cc(C)on2)c1. The Labute approximate surface area is 140 Å². The van der Waals surface area contributed by atoms with Crippen molar-refractivity contribution < 1.29 is 22.5 Å². The average molecular weight is 353 g/mol. The largest absolute Gasteiger partial charge is 0.385 e. The van der Waals surface area contributed by atoms with Crippen LogP contribution in [0.5, 0.6) is 0 Å². The molecule has 0 atom stereocenters. The van der Waals surface area contributed by atoms with Gasteiger partial charge in [-0.05, 0) is 31.5 Å². The average Bonchev–Trinajstić information content (AvgIpc) is 2.95. The van der Waals surface area contributed by atoms with Gasteiger partial charge in [-0.25, -0.2) is 8.42 Å². The van der Waals surface area contributed by atoms with Gasteiger partial charge in [0.2, 0.25) is 0 Å². The van der Waals surface area contributed by atoms with Crippen LogP contribution >= 0.6 is 0 Å². The van der Waals surface area contributed by atoms with Crippen LogP contribution in [0.3, 0.4) is 0 Å². The van der Waals surface area contributed by atoms with Gasteiger partial charge in [0.05, 0.1) is 4.90 Å². The summed E-state index contributed by atoms with van der Waals surface area (Å²) in [5, 5.41) is 6.29. The molecule has 0 aliphatic rings. The Balaban J connectivity index is 2.09. The third kappa shape index (κ3) is 4.80. The Bertz CT molecular complexity index is 801. The van der Waals surface area contributed by atoms with Crippen molar-refractivity contribution in [2.75, 3.05) is 25.0 Å². The summed E-state index contributed by atoms with van der Waals surface area (Å²) >= 11 is 0. The van der Waals surface area contributed by atoms with Gasteiger partial charge in [0.25, 0.3) is 15.9 Å². The van der Waals surface area contributed by atoms with Crippen molar-refractivity contribution >= 4 is 21.7 Å². The van der Waals surface area contributed by atoms with E-state index in [1.807, 2.05) is 0 Å². The summed E-state index contributed by atoms with van der Waals surface area (Å²) in [4.78, 5) is 12.0. The number of sulfonamides is 1. The zero-order chi connectivity index (χ0) is 17.6. The predicted molar refractivity (Wildman–Crippen MR) is 87.3 cm³/mol. The number of amides is 1. The Morgan fingerprint density at radius 3 is 2.79 bits per heavy atom. The predicted octanol–water partition coefficient (Wildman–Crippen LogP) is 1.55. The first-order valence-corrected chi connectivity index (χ1v) is 8.74. The van der Waals surface area contributed by atoms with Crippen molar-refractivity contribution in [3.05, 3.63) is 41.7 Å². The highest BCUT2D eigenvalue weighted by atomic mass is 32.2. The van der Waals surface area contributed by atoms with Crippen molar-refractivity contribution in [3.63, 3.8) is 0 Å². The molecule has 130 valence electrons. The number of carbonyl (C=O) groups excluding carboxylic acids is 1. The molecule has 2 N–H and O–H groups in total. The molecular weight excluding hydrogens is 334 g/mol. The molecule has 0 radical (unpaired) electrons. The molecule has 0 fully saturated rings. The Morgan fingerprint density at radius 1 is 1.33 bits per heavy atom. The van der Waals surface area contributed by atoms with Gasteiger partial charge >= 0.3 is 0 Å². The number of methoxy groups -OCH3 is 1. The highest BCUT2D eigenvalue weighted by molar-refractivity contribution is 7.92. The molecule has 1 heterocycles. The van der Waals surface area contributed by atoms with Gasteiger partial charge < -0.3 is 14.6 Å². The number of hydrogen-bond acceptors (Lipinski definition) is 6. The number of anilines is 1. The van der Waals surface area contributed by atoms with Crippen LogP contribution in [0.1, 0.15) is 22.5 Å². The lowest BCUT2D eigenvalue weighted by Gasteiger charge is -2.08. The summed E-state index contributed by atoms with van der Waals surface area (Å²) in [5.74, 6) is 0.222. The summed E-state index contributed by atoms with van der Waals surface area (Å²) in [7, 11) is -2.27. The second-order valence-corrected chi connectivity index (χ2v) is 6.74. The summed E-state index contributed by atoms with van der Waals surface area (Å²) in [6.07, 6.45) is 0.674. The molecule has 2 rings (SSSR count). The monoisotopic (exact) mass is 353 g/mol. The number of benzene rings is 1. The van der Waals surface area contributed by atoms with Gasteiger partial charge in [-0.1, -0.05) is 11.2 Å². The molecule has 2 aromatic rings. The van der Waals surface area contributed by atoms with Crippen LogP contribution in [-0.2, 0) is 14.8 Å². The first-order valence-electron chi connectivity index (χ1n) is 7.26. The van der Waals surface area contributed by atoms with E-state index in [4.69, 9.17) is 9.26 Å². The lowest BCUT2D eigenvalue weighted by molar-refractivity contribution is 0.0948. The number of hydrogen-bond donors (Lipinski definition) is 2. The van der Waals surface area contributed by atoms with Gasteiger partial charge in [0, 0.05) is 31.9 Å². The summed E-state index contributed by atoms with van der Waals surface area (Å²) in [6.45, 7) is 2.63. The summed E-state index contributed by atoms with van der Waals surface area (Å²) in [5.41, 5.74) is 0.256. The van der Waals surface area contributed by atoms with Crippen molar-refractivity contribution in [2.24, 2.45) is 0 Å². The molecule has 1 amide bonds. The fourth-order valence-corrected chi connectivity index (χ4v) is 2.97. The molecule has 1 aromatic heterocycles. The Hall–Kier alpha value is -2.39. The van der Waals surface area contributed by atoms with E-state index in [2.05, 4.69) is 15.2 Å². The Kier molecular flexibility index (Phi) is 5.93. The van der Waals surface area contributed by atoms with E-state index >= 15 is 0 Å². The maximum absolute atomic E-state index is 12.3. The van der Waals surface area contributed by atoms with Crippen LogP contribution in [0.2, 0.25) is 0 Å². The van der Waals surface area contributed by atoms with Crippen molar-refractivity contribution in [1.29, 1.82) is 0 Å². The van der Waals surface area contributed by atoms with E-state index in [0.29, 0.717) is 25.3 Å². The molecule has 0 unspecified atom stereocenters. The van der Waals surface area contributed by atoms with Gasteiger partial charge in [0.15, 0.2) is 5.82 Å². The van der Waals surface area contributed by atoms with E-state index in [1.165, 1.54) is 24.3 Å². The molecule has 8 nitrogen and oxygen atoms in total. The minimum Gasteiger partial charge on any atom is -0.385 e. The third-order valence-corrected chi connectivity index (χ3v) is 4.44. The smallest absolute Gasteiger partial charge is 0.263 e. The van der Waals surface area contributed by atoms with E-state index in [1.54, 1.807) is 20.1 Å². The molecular formula is C15H19N3O5S. The molecule has 24 heavy (non-hydrogen) atoms. The number of aromatic nitrogens is 1. The van der Waals surface area contributed by atoms with E-state index in [0.717, 1.165) is 0 Å². The van der Waals surface area contributed by atoms with Crippen LogP contribution in [0, 0.1) is 6.92 Å². The van der Waals surface area contributed by atoms with Crippen molar-refractivity contribution in [3.8, 4) is 0 Å². The minimum atomic E-state index is -3.86. The number of nitrogens with one attached hydrogen (secondary N) is 2. The summed E-state index contributed by atoms with van der Waals surface area (Å²) < 4.78 is 36.7. The van der Waals surface area contributed by atoms with Gasteiger partial charge in [-0.3, -0.25) is 9.52 Å². The van der Waals surface area contributed by atoms with Crippen LogP contribution in [-0.4, -0.2) is 39.7 Å². The first kappa shape index (κ1) is 18.0. The lowest BCUT2D eigenvalue weighted by atomic mass is 10.2. The van der Waals surface area contributed by atoms with E-state index in [9.17, 15) is 13.2 Å². The van der Waals surface area contributed by atoms with Crippen molar-refractivity contribution in [1.82, 2.24) is 10.5 Å². The number of aryl methyl sites for hydroxylation is 1. The topological polar surface area (TPSA) is 111 Å². The maximum atomic E-state index is 12.3. The molecule has 0 aliphatic carbocycles. The molecule has 0 spiro atoms. The van der Waals surface area contributed by atoms with Gasteiger partial charge in [-0.2, -0.15) is 0 Å². The molecule has 0 bridgehead atoms. The number of ether oxygens (including phenoxy) is 1. The van der Waals surface area contributed by atoms with E-state index < -0.39 is 10.0 Å². The number of carbonyl (C=O) groups is 1. The Morgan fingerprint density at radius 2 is 2.12 bits per heavy atom. The fourth-order valence-electron chi connectivity index (χ4n) is 1.94. The highest BCUT2D eigenvalue weighted by Gasteiger charge is 2.18. The zero-order valence-electron chi connectivity index (χ0n) is 13.4. The van der Waals surface area contributed by atoms with Crippen LogP contribution in [0.4, 0.5) is 5.82 Å². The van der Waals surface area contributed by atoms with Crippen LogP contribution in [0.15, 0.2) is 39.8 Å². The second kappa shape index (κ2) is 7.93.